The Hall–Kier alpha value is -2.25. The molecule has 3 aromatic rings. The summed E-state index contributed by atoms with van der Waals surface area (Å²) in [6.07, 6.45) is 3.95. The highest BCUT2D eigenvalue weighted by Crippen LogP contribution is 2.21. The normalized spacial score (nSPS) is 16.3. The van der Waals surface area contributed by atoms with Gasteiger partial charge in [-0.15, -0.1) is 0 Å². The zero-order valence-electron chi connectivity index (χ0n) is 15.0. The van der Waals surface area contributed by atoms with E-state index in [1.807, 2.05) is 35.0 Å². The number of rotatable bonds is 4. The van der Waals surface area contributed by atoms with Crippen molar-refractivity contribution in [2.24, 2.45) is 0 Å². The number of imidazole rings is 1. The number of fused-ring (bicyclic) bond motifs is 1. The van der Waals surface area contributed by atoms with E-state index in [4.69, 9.17) is 0 Å². The van der Waals surface area contributed by atoms with Crippen LogP contribution >= 0.6 is 15.9 Å². The van der Waals surface area contributed by atoms with Gasteiger partial charge in [0.15, 0.2) is 0 Å². The third-order valence-corrected chi connectivity index (χ3v) is 7.23. The van der Waals surface area contributed by atoms with Crippen LogP contribution in [-0.2, 0) is 16.6 Å². The third-order valence-electron chi connectivity index (χ3n) is 4.81. The summed E-state index contributed by atoms with van der Waals surface area (Å²) in [6.45, 7) is 2.68. The minimum atomic E-state index is -3.67. The van der Waals surface area contributed by atoms with Gasteiger partial charge >= 0.3 is 0 Å². The molecule has 1 aromatic carbocycles. The molecule has 0 unspecified atom stereocenters. The molecule has 0 saturated carbocycles. The predicted molar refractivity (Wildman–Crippen MR) is 108 cm³/mol. The quantitative estimate of drug-likeness (QED) is 0.598. The highest BCUT2D eigenvalue weighted by Gasteiger charge is 2.30. The van der Waals surface area contributed by atoms with Gasteiger partial charge in [0.25, 0.3) is 0 Å². The van der Waals surface area contributed by atoms with Gasteiger partial charge in [-0.1, -0.05) is 12.1 Å². The maximum Gasteiger partial charge on any atom is 0.244 e. The number of benzene rings is 1. The molecule has 1 saturated heterocycles. The topological polar surface area (TPSA) is 81.7 Å². The van der Waals surface area contributed by atoms with Gasteiger partial charge in [-0.25, -0.2) is 13.4 Å². The second-order valence-corrected chi connectivity index (χ2v) is 9.46. The molecular weight excluding hydrogens is 442 g/mol. The fourth-order valence-corrected chi connectivity index (χ4v) is 5.29. The lowest BCUT2D eigenvalue weighted by atomic mass is 10.2. The lowest BCUT2D eigenvalue weighted by Crippen LogP contribution is -2.48. The fourth-order valence-electron chi connectivity index (χ4n) is 3.37. The molecule has 0 spiro atoms. The first-order chi connectivity index (χ1) is 13.5. The van der Waals surface area contributed by atoms with Crippen LogP contribution in [-0.4, -0.2) is 53.2 Å². The summed E-state index contributed by atoms with van der Waals surface area (Å²) in [4.78, 5) is 6.89. The van der Waals surface area contributed by atoms with E-state index < -0.39 is 10.0 Å². The Balaban J connectivity index is 1.44. The summed E-state index contributed by atoms with van der Waals surface area (Å²) in [7, 11) is -3.67. The zero-order chi connectivity index (χ0) is 19.7. The molecule has 1 aliphatic heterocycles. The number of piperazine rings is 1. The number of nitriles is 1. The van der Waals surface area contributed by atoms with Crippen LogP contribution in [0.1, 0.15) is 11.3 Å². The van der Waals surface area contributed by atoms with E-state index in [0.717, 1.165) is 15.8 Å². The van der Waals surface area contributed by atoms with E-state index in [9.17, 15) is 13.7 Å². The summed E-state index contributed by atoms with van der Waals surface area (Å²) in [6, 6.07) is 12.2. The second kappa shape index (κ2) is 7.64. The molecule has 0 N–H and O–H groups in total. The van der Waals surface area contributed by atoms with Crippen LogP contribution in [0.3, 0.4) is 0 Å². The van der Waals surface area contributed by atoms with Crippen LogP contribution in [0.25, 0.3) is 5.65 Å². The summed E-state index contributed by atoms with van der Waals surface area (Å²) in [5.41, 5.74) is 2.01. The standard InChI is InChI=1S/C19H18BrN5O2S/c20-16-5-6-19-22-17(14-24(19)12-16)13-23-7-9-25(10-8-23)28(26,27)18-4-2-1-3-15(18)11-21/h1-6,12,14H,7-10,13H2. The first-order valence-corrected chi connectivity index (χ1v) is 11.1. The predicted octanol–water partition coefficient (Wildman–Crippen LogP) is 2.47. The summed E-state index contributed by atoms with van der Waals surface area (Å²) in [5, 5.41) is 9.21. The molecule has 4 rings (SSSR count). The average molecular weight is 460 g/mol. The number of pyridine rings is 1. The third kappa shape index (κ3) is 3.69. The molecule has 0 amide bonds. The minimum Gasteiger partial charge on any atom is -0.306 e. The largest absolute Gasteiger partial charge is 0.306 e. The molecule has 0 bridgehead atoms. The molecule has 0 atom stereocenters. The Morgan fingerprint density at radius 1 is 1.07 bits per heavy atom. The number of hydrogen-bond donors (Lipinski definition) is 0. The lowest BCUT2D eigenvalue weighted by Gasteiger charge is -2.33. The van der Waals surface area contributed by atoms with Crippen molar-refractivity contribution in [2.45, 2.75) is 11.4 Å². The number of nitrogens with zero attached hydrogens (tertiary/aromatic N) is 5. The van der Waals surface area contributed by atoms with Crippen molar-refractivity contribution >= 4 is 31.6 Å². The van der Waals surface area contributed by atoms with Gasteiger partial charge in [-0.2, -0.15) is 9.57 Å². The van der Waals surface area contributed by atoms with Crippen molar-refractivity contribution in [3.8, 4) is 6.07 Å². The number of halogens is 1. The van der Waals surface area contributed by atoms with Crippen molar-refractivity contribution in [3.05, 3.63) is 64.5 Å². The second-order valence-electron chi connectivity index (χ2n) is 6.63. The van der Waals surface area contributed by atoms with E-state index in [1.165, 1.54) is 16.4 Å². The molecule has 1 fully saturated rings. The average Bonchev–Trinajstić information content (AvgIpc) is 3.09. The molecule has 28 heavy (non-hydrogen) atoms. The number of hydrogen-bond acceptors (Lipinski definition) is 5. The Morgan fingerprint density at radius 3 is 2.57 bits per heavy atom. The lowest BCUT2D eigenvalue weighted by molar-refractivity contribution is 0.180. The summed E-state index contributed by atoms with van der Waals surface area (Å²) >= 11 is 3.45. The highest BCUT2D eigenvalue weighted by molar-refractivity contribution is 9.10. The minimum absolute atomic E-state index is 0.0804. The van der Waals surface area contributed by atoms with E-state index in [0.29, 0.717) is 32.7 Å². The van der Waals surface area contributed by atoms with Crippen LogP contribution in [0.5, 0.6) is 0 Å². The fraction of sp³-hybridized carbons (Fsp3) is 0.263. The van der Waals surface area contributed by atoms with E-state index in [-0.39, 0.29) is 10.5 Å². The van der Waals surface area contributed by atoms with Crippen molar-refractivity contribution < 1.29 is 8.42 Å². The van der Waals surface area contributed by atoms with Crippen molar-refractivity contribution in [3.63, 3.8) is 0 Å². The summed E-state index contributed by atoms with van der Waals surface area (Å²) in [5.74, 6) is 0. The van der Waals surface area contributed by atoms with E-state index in [1.54, 1.807) is 12.1 Å². The van der Waals surface area contributed by atoms with Crippen LogP contribution in [0.4, 0.5) is 0 Å². The molecule has 7 nitrogen and oxygen atoms in total. The molecular formula is C19H18BrN5O2S. The molecule has 2 aromatic heterocycles. The Labute approximate surface area is 172 Å². The van der Waals surface area contributed by atoms with Crippen molar-refractivity contribution in [1.82, 2.24) is 18.6 Å². The molecule has 0 aliphatic carbocycles. The Kier molecular flexibility index (Phi) is 5.21. The van der Waals surface area contributed by atoms with Gasteiger partial charge < -0.3 is 4.40 Å². The Morgan fingerprint density at radius 2 is 1.82 bits per heavy atom. The van der Waals surface area contributed by atoms with Crippen LogP contribution in [0, 0.1) is 11.3 Å². The van der Waals surface area contributed by atoms with Crippen LogP contribution < -0.4 is 0 Å². The van der Waals surface area contributed by atoms with Crippen molar-refractivity contribution in [1.29, 1.82) is 5.26 Å². The van der Waals surface area contributed by atoms with Crippen molar-refractivity contribution in [2.75, 3.05) is 26.2 Å². The number of sulfonamides is 1. The van der Waals surface area contributed by atoms with Gasteiger partial charge in [0, 0.05) is 49.6 Å². The number of aromatic nitrogens is 2. The van der Waals surface area contributed by atoms with Gasteiger partial charge in [0.2, 0.25) is 10.0 Å². The van der Waals surface area contributed by atoms with Crippen LogP contribution in [0.15, 0.2) is 58.2 Å². The van der Waals surface area contributed by atoms with E-state index in [2.05, 4.69) is 25.8 Å². The van der Waals surface area contributed by atoms with Gasteiger partial charge in [0.05, 0.1) is 16.2 Å². The summed E-state index contributed by atoms with van der Waals surface area (Å²) < 4.78 is 30.3. The zero-order valence-corrected chi connectivity index (χ0v) is 17.4. The molecule has 9 heteroatoms. The van der Waals surface area contributed by atoms with E-state index >= 15 is 0 Å². The van der Waals surface area contributed by atoms with Crippen LogP contribution in [0.2, 0.25) is 0 Å². The first kappa shape index (κ1) is 19.1. The smallest absolute Gasteiger partial charge is 0.244 e. The molecule has 144 valence electrons. The molecule has 1 aliphatic rings. The first-order valence-electron chi connectivity index (χ1n) is 8.82. The maximum absolute atomic E-state index is 12.9. The van der Waals surface area contributed by atoms with Gasteiger partial charge in [0.1, 0.15) is 11.7 Å². The molecule has 3 heterocycles. The van der Waals surface area contributed by atoms with Gasteiger partial charge in [-0.05, 0) is 40.2 Å². The molecule has 0 radical (unpaired) electrons. The monoisotopic (exact) mass is 459 g/mol. The Bertz CT molecular complexity index is 1160. The van der Waals surface area contributed by atoms with Gasteiger partial charge in [-0.3, -0.25) is 4.90 Å². The highest BCUT2D eigenvalue weighted by atomic mass is 79.9. The maximum atomic E-state index is 12.9. The SMILES string of the molecule is N#Cc1ccccc1S(=O)(=O)N1CCN(Cc2cn3cc(Br)ccc3n2)CC1.